The number of rotatable bonds is 7. The Balaban J connectivity index is 1.92. The highest BCUT2D eigenvalue weighted by Crippen LogP contribution is 2.09. The van der Waals surface area contributed by atoms with Crippen molar-refractivity contribution in [3.8, 4) is 5.75 Å². The summed E-state index contributed by atoms with van der Waals surface area (Å²) in [5, 5.41) is 9.11. The van der Waals surface area contributed by atoms with Crippen molar-refractivity contribution in [2.24, 2.45) is 0 Å². The van der Waals surface area contributed by atoms with Crippen LogP contribution in [0.3, 0.4) is 0 Å². The van der Waals surface area contributed by atoms with Gasteiger partial charge in [0.2, 0.25) is 0 Å². The molecule has 110 valence electrons. The molecule has 0 spiro atoms. The molecule has 0 radical (unpaired) electrons. The maximum Gasteiger partial charge on any atom is 0.260 e. The van der Waals surface area contributed by atoms with Crippen LogP contribution in [0.1, 0.15) is 5.56 Å². The third kappa shape index (κ3) is 4.93. The summed E-state index contributed by atoms with van der Waals surface area (Å²) in [6.07, 6.45) is 0. The largest absolute Gasteiger partial charge is 0.484 e. The molecule has 2 aromatic carbocycles. The minimum absolute atomic E-state index is 0.0309. The van der Waals surface area contributed by atoms with Crippen molar-refractivity contribution in [1.29, 1.82) is 0 Å². The van der Waals surface area contributed by atoms with E-state index in [4.69, 9.17) is 9.84 Å². The maximum atomic E-state index is 12.2. The first-order chi connectivity index (χ1) is 10.3. The zero-order valence-electron chi connectivity index (χ0n) is 11.8. The molecule has 2 aromatic rings. The van der Waals surface area contributed by atoms with E-state index in [1.165, 1.54) is 0 Å². The summed E-state index contributed by atoms with van der Waals surface area (Å²) >= 11 is 0. The zero-order chi connectivity index (χ0) is 14.9. The fourth-order valence-electron chi connectivity index (χ4n) is 1.97. The lowest BCUT2D eigenvalue weighted by Gasteiger charge is -2.22. The number of hydrogen-bond acceptors (Lipinski definition) is 3. The minimum atomic E-state index is -0.142. The first kappa shape index (κ1) is 15.1. The van der Waals surface area contributed by atoms with E-state index >= 15 is 0 Å². The fourth-order valence-corrected chi connectivity index (χ4v) is 1.97. The number of ether oxygens (including phenoxy) is 1. The van der Waals surface area contributed by atoms with Crippen LogP contribution >= 0.6 is 0 Å². The molecular formula is C17H19NO3. The monoisotopic (exact) mass is 285 g/mol. The SMILES string of the molecule is O=C(COc1ccccc1)N(CCO)Cc1ccccc1. The second kappa shape index (κ2) is 8.07. The van der Waals surface area contributed by atoms with Crippen LogP contribution in [0.25, 0.3) is 0 Å². The summed E-state index contributed by atoms with van der Waals surface area (Å²) in [4.78, 5) is 13.8. The number of nitrogens with zero attached hydrogens (tertiary/aromatic N) is 1. The quantitative estimate of drug-likeness (QED) is 0.847. The second-order valence-electron chi connectivity index (χ2n) is 4.63. The molecule has 21 heavy (non-hydrogen) atoms. The highest BCUT2D eigenvalue weighted by molar-refractivity contribution is 5.77. The van der Waals surface area contributed by atoms with E-state index in [0.717, 1.165) is 5.56 Å². The molecule has 0 aliphatic heterocycles. The summed E-state index contributed by atoms with van der Waals surface area (Å²) in [6.45, 7) is 0.672. The van der Waals surface area contributed by atoms with E-state index in [1.807, 2.05) is 48.5 Å². The number of benzene rings is 2. The van der Waals surface area contributed by atoms with E-state index in [-0.39, 0.29) is 19.1 Å². The van der Waals surface area contributed by atoms with Crippen LogP contribution in [-0.4, -0.2) is 35.7 Å². The molecule has 2 rings (SSSR count). The van der Waals surface area contributed by atoms with Gasteiger partial charge in [0.15, 0.2) is 6.61 Å². The van der Waals surface area contributed by atoms with Crippen LogP contribution in [-0.2, 0) is 11.3 Å². The number of hydrogen-bond donors (Lipinski definition) is 1. The number of para-hydroxylation sites is 1. The third-order valence-electron chi connectivity index (χ3n) is 3.04. The summed E-state index contributed by atoms with van der Waals surface area (Å²) in [5.74, 6) is 0.520. The molecule has 0 saturated carbocycles. The lowest BCUT2D eigenvalue weighted by atomic mass is 10.2. The van der Waals surface area contributed by atoms with Gasteiger partial charge in [-0.15, -0.1) is 0 Å². The Hall–Kier alpha value is -2.33. The van der Waals surface area contributed by atoms with Gasteiger partial charge in [-0.3, -0.25) is 4.79 Å². The van der Waals surface area contributed by atoms with Crippen molar-refractivity contribution in [2.45, 2.75) is 6.54 Å². The van der Waals surface area contributed by atoms with Crippen molar-refractivity contribution < 1.29 is 14.6 Å². The van der Waals surface area contributed by atoms with Gasteiger partial charge in [0.1, 0.15) is 5.75 Å². The number of amides is 1. The van der Waals surface area contributed by atoms with Gasteiger partial charge in [-0.05, 0) is 17.7 Å². The Morgan fingerprint density at radius 1 is 1.00 bits per heavy atom. The normalized spacial score (nSPS) is 10.1. The average Bonchev–Trinajstić information content (AvgIpc) is 2.54. The molecule has 0 aliphatic carbocycles. The Kier molecular flexibility index (Phi) is 5.79. The molecule has 0 atom stereocenters. The summed E-state index contributed by atoms with van der Waals surface area (Å²) in [6, 6.07) is 18.9. The lowest BCUT2D eigenvalue weighted by molar-refractivity contribution is -0.134. The number of carbonyl (C=O) groups excluding carboxylic acids is 1. The predicted octanol–water partition coefficient (Wildman–Crippen LogP) is 2.09. The van der Waals surface area contributed by atoms with Gasteiger partial charge in [0.25, 0.3) is 5.91 Å². The molecule has 0 bridgehead atoms. The molecule has 0 aliphatic rings. The molecule has 0 saturated heterocycles. The molecule has 0 heterocycles. The Morgan fingerprint density at radius 3 is 2.24 bits per heavy atom. The third-order valence-corrected chi connectivity index (χ3v) is 3.04. The standard InChI is InChI=1S/C17H19NO3/c19-12-11-18(13-15-7-3-1-4-8-15)17(20)14-21-16-9-5-2-6-10-16/h1-10,19H,11-14H2. The van der Waals surface area contributed by atoms with Crippen molar-refractivity contribution >= 4 is 5.91 Å². The van der Waals surface area contributed by atoms with Gasteiger partial charge in [0, 0.05) is 13.1 Å². The zero-order valence-corrected chi connectivity index (χ0v) is 11.8. The van der Waals surface area contributed by atoms with Crippen LogP contribution in [0, 0.1) is 0 Å². The van der Waals surface area contributed by atoms with Crippen molar-refractivity contribution in [2.75, 3.05) is 19.8 Å². The smallest absolute Gasteiger partial charge is 0.260 e. The van der Waals surface area contributed by atoms with E-state index in [1.54, 1.807) is 17.0 Å². The molecule has 4 heteroatoms. The molecule has 1 amide bonds. The van der Waals surface area contributed by atoms with Gasteiger partial charge in [0.05, 0.1) is 6.61 Å². The first-order valence-electron chi connectivity index (χ1n) is 6.90. The van der Waals surface area contributed by atoms with Crippen LogP contribution in [0.15, 0.2) is 60.7 Å². The topological polar surface area (TPSA) is 49.8 Å². The van der Waals surface area contributed by atoms with Crippen molar-refractivity contribution in [1.82, 2.24) is 4.90 Å². The molecule has 0 aromatic heterocycles. The Bertz CT molecular complexity index is 542. The van der Waals surface area contributed by atoms with Crippen LogP contribution in [0.5, 0.6) is 5.75 Å². The van der Waals surface area contributed by atoms with Gasteiger partial charge >= 0.3 is 0 Å². The van der Waals surface area contributed by atoms with Crippen LogP contribution < -0.4 is 4.74 Å². The molecular weight excluding hydrogens is 266 g/mol. The fraction of sp³-hybridized carbons (Fsp3) is 0.235. The number of carbonyl (C=O) groups is 1. The molecule has 4 nitrogen and oxygen atoms in total. The van der Waals surface area contributed by atoms with Gasteiger partial charge in [-0.2, -0.15) is 0 Å². The Labute approximate surface area is 124 Å². The first-order valence-corrected chi connectivity index (χ1v) is 6.90. The van der Waals surface area contributed by atoms with Gasteiger partial charge in [-0.25, -0.2) is 0 Å². The van der Waals surface area contributed by atoms with E-state index < -0.39 is 0 Å². The summed E-state index contributed by atoms with van der Waals surface area (Å²) in [5.41, 5.74) is 1.03. The van der Waals surface area contributed by atoms with Crippen molar-refractivity contribution in [3.63, 3.8) is 0 Å². The number of aliphatic hydroxyl groups excluding tert-OH is 1. The number of aliphatic hydroxyl groups is 1. The summed E-state index contributed by atoms with van der Waals surface area (Å²) in [7, 11) is 0. The highest BCUT2D eigenvalue weighted by atomic mass is 16.5. The molecule has 0 fully saturated rings. The molecule has 0 unspecified atom stereocenters. The predicted molar refractivity (Wildman–Crippen MR) is 80.9 cm³/mol. The molecule has 1 N–H and O–H groups in total. The summed E-state index contributed by atoms with van der Waals surface area (Å²) < 4.78 is 5.46. The van der Waals surface area contributed by atoms with Gasteiger partial charge < -0.3 is 14.7 Å². The van der Waals surface area contributed by atoms with E-state index in [0.29, 0.717) is 18.8 Å². The lowest BCUT2D eigenvalue weighted by Crippen LogP contribution is -2.36. The Morgan fingerprint density at radius 2 is 1.62 bits per heavy atom. The van der Waals surface area contributed by atoms with E-state index in [9.17, 15) is 4.79 Å². The van der Waals surface area contributed by atoms with E-state index in [2.05, 4.69) is 0 Å². The maximum absolute atomic E-state index is 12.2. The average molecular weight is 285 g/mol. The van der Waals surface area contributed by atoms with Crippen LogP contribution in [0.2, 0.25) is 0 Å². The minimum Gasteiger partial charge on any atom is -0.484 e. The second-order valence-corrected chi connectivity index (χ2v) is 4.63. The highest BCUT2D eigenvalue weighted by Gasteiger charge is 2.14. The van der Waals surface area contributed by atoms with Crippen molar-refractivity contribution in [3.05, 3.63) is 66.2 Å². The van der Waals surface area contributed by atoms with Gasteiger partial charge in [-0.1, -0.05) is 48.5 Å². The van der Waals surface area contributed by atoms with Crippen LogP contribution in [0.4, 0.5) is 0 Å².